The molecule has 2 rings (SSSR count). The van der Waals surface area contributed by atoms with E-state index in [1.165, 1.54) is 16.7 Å². The topological polar surface area (TPSA) is 12.4 Å². The van der Waals surface area contributed by atoms with Crippen LogP contribution in [0.3, 0.4) is 0 Å². The molecule has 1 atom stereocenters. The van der Waals surface area contributed by atoms with Gasteiger partial charge in [-0.2, -0.15) is 0 Å². The van der Waals surface area contributed by atoms with E-state index >= 15 is 0 Å². The van der Waals surface area contributed by atoms with Crippen molar-refractivity contribution >= 4 is 29.4 Å². The fourth-order valence-electron chi connectivity index (χ4n) is 2.57. The molecule has 0 aliphatic rings. The summed E-state index contributed by atoms with van der Waals surface area (Å²) in [6.45, 7) is 8.32. The summed E-state index contributed by atoms with van der Waals surface area (Å²) >= 11 is 12.5. The Bertz CT molecular complexity index is 646. The first-order chi connectivity index (χ1) is 9.90. The van der Waals surface area contributed by atoms with Crippen LogP contribution in [0.2, 0.25) is 10.0 Å². The van der Waals surface area contributed by atoms with E-state index in [1.807, 2.05) is 31.3 Å². The molecule has 0 saturated heterocycles. The third kappa shape index (κ3) is 3.66. The third-order valence-corrected chi connectivity index (χ3v) is 4.24. The second-order valence-electron chi connectivity index (χ2n) is 5.40. The summed E-state index contributed by atoms with van der Waals surface area (Å²) in [5.41, 5.74) is 5.77. The van der Waals surface area contributed by atoms with Crippen LogP contribution in [0.5, 0.6) is 0 Å². The maximum atomic E-state index is 6.23. The van der Waals surface area contributed by atoms with Gasteiger partial charge in [-0.1, -0.05) is 47.0 Å². The van der Waals surface area contributed by atoms with Crippen LogP contribution in [0.1, 0.15) is 40.8 Å². The van der Waals surface area contributed by atoms with Gasteiger partial charge in [0, 0.05) is 21.8 Å². The second-order valence-corrected chi connectivity index (χ2v) is 6.22. The highest BCUT2D eigenvalue weighted by molar-refractivity contribution is 6.36. The van der Waals surface area contributed by atoms with E-state index in [4.69, 9.17) is 23.2 Å². The molecule has 0 spiro atoms. The Hall–Kier alpha value is -1.31. The van der Waals surface area contributed by atoms with Crippen LogP contribution >= 0.6 is 23.2 Å². The molecular formula is C18H19Cl2N. The lowest BCUT2D eigenvalue weighted by atomic mass is 10.0. The summed E-state index contributed by atoms with van der Waals surface area (Å²) in [6.07, 6.45) is 1.93. The van der Waals surface area contributed by atoms with Gasteiger partial charge >= 0.3 is 0 Å². The number of halogens is 2. The average Bonchev–Trinajstić information content (AvgIpc) is 2.37. The largest absolute Gasteiger partial charge is 0.285 e. The van der Waals surface area contributed by atoms with Crippen molar-refractivity contribution in [2.45, 2.75) is 33.7 Å². The van der Waals surface area contributed by atoms with E-state index < -0.39 is 0 Å². The van der Waals surface area contributed by atoms with Crippen LogP contribution in [0.15, 0.2) is 35.3 Å². The van der Waals surface area contributed by atoms with Crippen molar-refractivity contribution in [3.63, 3.8) is 0 Å². The minimum Gasteiger partial charge on any atom is -0.285 e. The molecule has 3 heteroatoms. The van der Waals surface area contributed by atoms with Crippen LogP contribution in [-0.2, 0) is 0 Å². The zero-order chi connectivity index (χ0) is 15.6. The Labute approximate surface area is 136 Å². The van der Waals surface area contributed by atoms with Crippen molar-refractivity contribution in [1.82, 2.24) is 0 Å². The highest BCUT2D eigenvalue weighted by Crippen LogP contribution is 2.32. The van der Waals surface area contributed by atoms with Crippen molar-refractivity contribution in [3.05, 3.63) is 68.2 Å². The van der Waals surface area contributed by atoms with Crippen molar-refractivity contribution < 1.29 is 0 Å². The molecule has 0 N–H and O–H groups in total. The average molecular weight is 320 g/mol. The monoisotopic (exact) mass is 319 g/mol. The maximum Gasteiger partial charge on any atom is 0.0750 e. The van der Waals surface area contributed by atoms with E-state index in [0.717, 1.165) is 11.1 Å². The van der Waals surface area contributed by atoms with Crippen LogP contribution in [0.25, 0.3) is 0 Å². The van der Waals surface area contributed by atoms with E-state index in [-0.39, 0.29) is 6.04 Å². The highest BCUT2D eigenvalue weighted by Gasteiger charge is 2.12. The molecule has 0 heterocycles. The molecule has 0 radical (unpaired) electrons. The first-order valence-electron chi connectivity index (χ1n) is 6.95. The van der Waals surface area contributed by atoms with Gasteiger partial charge in [-0.25, -0.2) is 0 Å². The Morgan fingerprint density at radius 3 is 2.05 bits per heavy atom. The Balaban J connectivity index is 2.34. The minimum atomic E-state index is -0.0775. The zero-order valence-electron chi connectivity index (χ0n) is 12.7. The molecule has 1 nitrogen and oxygen atoms in total. The van der Waals surface area contributed by atoms with Crippen molar-refractivity contribution in [3.8, 4) is 0 Å². The predicted octanol–water partition coefficient (Wildman–Crippen LogP) is 6.10. The lowest BCUT2D eigenvalue weighted by Gasteiger charge is -2.12. The summed E-state index contributed by atoms with van der Waals surface area (Å²) in [6, 6.07) is 9.79. The molecule has 0 saturated carbocycles. The summed E-state index contributed by atoms with van der Waals surface area (Å²) in [4.78, 5) is 4.64. The van der Waals surface area contributed by atoms with Gasteiger partial charge in [0.05, 0.1) is 6.04 Å². The molecule has 0 aliphatic heterocycles. The van der Waals surface area contributed by atoms with Gasteiger partial charge < -0.3 is 0 Å². The molecule has 0 aliphatic carbocycles. The zero-order valence-corrected chi connectivity index (χ0v) is 14.3. The number of aryl methyl sites for hydroxylation is 3. The number of nitrogens with zero attached hydrogens (tertiary/aromatic N) is 1. The number of hydrogen-bond acceptors (Lipinski definition) is 1. The predicted molar refractivity (Wildman–Crippen MR) is 93.1 cm³/mol. The molecule has 110 valence electrons. The molecule has 0 bridgehead atoms. The van der Waals surface area contributed by atoms with Gasteiger partial charge in [0.25, 0.3) is 0 Å². The number of rotatable bonds is 3. The summed E-state index contributed by atoms with van der Waals surface area (Å²) < 4.78 is 0. The summed E-state index contributed by atoms with van der Waals surface area (Å²) in [5, 5.41) is 1.31. The molecule has 0 fully saturated rings. The molecule has 0 aromatic heterocycles. The van der Waals surface area contributed by atoms with Gasteiger partial charge in [0.1, 0.15) is 0 Å². The summed E-state index contributed by atoms with van der Waals surface area (Å²) in [7, 11) is 0. The van der Waals surface area contributed by atoms with Gasteiger partial charge in [0.2, 0.25) is 0 Å². The van der Waals surface area contributed by atoms with Crippen molar-refractivity contribution in [2.24, 2.45) is 4.99 Å². The Morgan fingerprint density at radius 2 is 1.52 bits per heavy atom. The van der Waals surface area contributed by atoms with E-state index in [1.54, 1.807) is 0 Å². The lowest BCUT2D eigenvalue weighted by molar-refractivity contribution is 0.825. The van der Waals surface area contributed by atoms with Crippen LogP contribution < -0.4 is 0 Å². The minimum absolute atomic E-state index is 0.0775. The van der Waals surface area contributed by atoms with Gasteiger partial charge in [-0.05, 0) is 56.5 Å². The van der Waals surface area contributed by atoms with Crippen molar-refractivity contribution in [2.75, 3.05) is 0 Å². The highest BCUT2D eigenvalue weighted by atomic mass is 35.5. The lowest BCUT2D eigenvalue weighted by Crippen LogP contribution is -1.97. The van der Waals surface area contributed by atoms with Crippen LogP contribution in [0.4, 0.5) is 0 Å². The Kier molecular flexibility index (Phi) is 5.08. The summed E-state index contributed by atoms with van der Waals surface area (Å²) in [5.74, 6) is 0. The van der Waals surface area contributed by atoms with Gasteiger partial charge in [-0.3, -0.25) is 4.99 Å². The maximum absolute atomic E-state index is 6.23. The quantitative estimate of drug-likeness (QED) is 0.606. The number of aliphatic imine (C=N–C) groups is 1. The third-order valence-electron chi connectivity index (χ3n) is 3.58. The first kappa shape index (κ1) is 16.1. The molecule has 0 amide bonds. The molecule has 2 aromatic carbocycles. The number of benzene rings is 2. The van der Waals surface area contributed by atoms with E-state index in [2.05, 4.69) is 37.9 Å². The SMILES string of the molecule is Cc1cc(C)c(C=NC(C)c2c(Cl)cccc2Cl)c(C)c1. The van der Waals surface area contributed by atoms with Crippen LogP contribution in [0, 0.1) is 20.8 Å². The molecule has 1 unspecified atom stereocenters. The van der Waals surface area contributed by atoms with E-state index in [0.29, 0.717) is 10.0 Å². The smallest absolute Gasteiger partial charge is 0.0750 e. The van der Waals surface area contributed by atoms with Crippen LogP contribution in [-0.4, -0.2) is 6.21 Å². The Morgan fingerprint density at radius 1 is 1.00 bits per heavy atom. The van der Waals surface area contributed by atoms with Gasteiger partial charge in [0.15, 0.2) is 0 Å². The molecular weight excluding hydrogens is 301 g/mol. The van der Waals surface area contributed by atoms with Crippen molar-refractivity contribution in [1.29, 1.82) is 0 Å². The fraction of sp³-hybridized carbons (Fsp3) is 0.278. The van der Waals surface area contributed by atoms with E-state index in [9.17, 15) is 0 Å². The molecule has 2 aromatic rings. The molecule has 21 heavy (non-hydrogen) atoms. The second kappa shape index (κ2) is 6.64. The normalized spacial score (nSPS) is 12.9. The van der Waals surface area contributed by atoms with Gasteiger partial charge in [-0.15, -0.1) is 0 Å². The first-order valence-corrected chi connectivity index (χ1v) is 7.70. The fourth-order valence-corrected chi connectivity index (χ4v) is 3.28. The standard InChI is InChI=1S/C18H19Cl2N/c1-11-8-12(2)15(13(3)9-11)10-21-14(4)18-16(19)6-5-7-17(18)20/h5-10,14H,1-4H3. The number of hydrogen-bond donors (Lipinski definition) is 0.